The summed E-state index contributed by atoms with van der Waals surface area (Å²) in [6.45, 7) is 1.11. The highest BCUT2D eigenvalue weighted by atomic mass is 19.1. The quantitative estimate of drug-likeness (QED) is 0.844. The lowest BCUT2D eigenvalue weighted by molar-refractivity contribution is 0.0863. The highest BCUT2D eigenvalue weighted by molar-refractivity contribution is 5.45. The van der Waals surface area contributed by atoms with Crippen LogP contribution in [0.5, 0.6) is 11.5 Å². The number of hydrogen-bond acceptors (Lipinski definition) is 3. The van der Waals surface area contributed by atoms with E-state index in [1.807, 2.05) is 18.2 Å². The molecule has 3 aliphatic heterocycles. The lowest BCUT2D eigenvalue weighted by atomic mass is 9.83. The summed E-state index contributed by atoms with van der Waals surface area (Å²) in [7, 11) is 0. The van der Waals surface area contributed by atoms with E-state index in [-0.39, 0.29) is 0 Å². The molecule has 3 nitrogen and oxygen atoms in total. The summed E-state index contributed by atoms with van der Waals surface area (Å²) in [5.41, 5.74) is -0.470. The fourth-order valence-electron chi connectivity index (χ4n) is 3.65. The van der Waals surface area contributed by atoms with Crippen LogP contribution in [0.15, 0.2) is 18.2 Å². The Bertz CT molecular complexity index is 493. The van der Waals surface area contributed by atoms with Gasteiger partial charge in [0.15, 0.2) is 11.5 Å². The summed E-state index contributed by atoms with van der Waals surface area (Å²) in [4.78, 5) is 0. The van der Waals surface area contributed by atoms with Crippen molar-refractivity contribution in [3.8, 4) is 11.5 Å². The van der Waals surface area contributed by atoms with Gasteiger partial charge < -0.3 is 14.8 Å². The van der Waals surface area contributed by atoms with Crippen molar-refractivity contribution in [3.63, 3.8) is 0 Å². The normalized spacial score (nSPS) is 36.3. The van der Waals surface area contributed by atoms with E-state index in [2.05, 4.69) is 5.32 Å². The highest BCUT2D eigenvalue weighted by Gasteiger charge is 2.45. The van der Waals surface area contributed by atoms with Crippen LogP contribution < -0.4 is 14.8 Å². The van der Waals surface area contributed by atoms with Crippen molar-refractivity contribution in [3.05, 3.63) is 23.8 Å². The molecule has 1 N–H and O–H groups in total. The minimum absolute atomic E-state index is 0.331. The number of ether oxygens (including phenoxy) is 2. The number of benzene rings is 1. The third kappa shape index (κ3) is 1.89. The van der Waals surface area contributed by atoms with Gasteiger partial charge in [-0.15, -0.1) is 0 Å². The molecule has 0 amide bonds. The molecule has 0 radical (unpaired) electrons. The van der Waals surface area contributed by atoms with Crippen LogP contribution in [0.3, 0.4) is 0 Å². The molecule has 2 unspecified atom stereocenters. The molecule has 4 heteroatoms. The van der Waals surface area contributed by atoms with Crippen LogP contribution >= 0.6 is 0 Å². The maximum atomic E-state index is 15.3. The molecule has 3 aliphatic rings. The zero-order chi connectivity index (χ0) is 12.9. The van der Waals surface area contributed by atoms with Gasteiger partial charge in [-0.3, -0.25) is 0 Å². The molecule has 2 fully saturated rings. The van der Waals surface area contributed by atoms with E-state index in [0.717, 1.165) is 24.2 Å². The van der Waals surface area contributed by atoms with Gasteiger partial charge in [0, 0.05) is 24.9 Å². The number of alkyl halides is 1. The zero-order valence-electron chi connectivity index (χ0n) is 10.8. The maximum absolute atomic E-state index is 15.3. The first-order chi connectivity index (χ1) is 9.23. The average Bonchev–Trinajstić information content (AvgIpc) is 2.78. The Morgan fingerprint density at radius 2 is 1.74 bits per heavy atom. The van der Waals surface area contributed by atoms with Crippen LogP contribution in [0.4, 0.5) is 4.39 Å². The predicted molar refractivity (Wildman–Crippen MR) is 69.4 cm³/mol. The van der Waals surface area contributed by atoms with E-state index in [9.17, 15) is 0 Å². The minimum Gasteiger partial charge on any atom is -0.486 e. The monoisotopic (exact) mass is 263 g/mol. The number of halogens is 1. The van der Waals surface area contributed by atoms with Crippen molar-refractivity contribution >= 4 is 0 Å². The lowest BCUT2D eigenvalue weighted by Gasteiger charge is -2.35. The number of piperidine rings is 1. The third-order valence-corrected chi connectivity index (χ3v) is 4.53. The predicted octanol–water partition coefficient (Wildman–Crippen LogP) is 2.54. The van der Waals surface area contributed by atoms with Gasteiger partial charge in [-0.1, -0.05) is 6.07 Å². The van der Waals surface area contributed by atoms with Crippen LogP contribution in [0.1, 0.15) is 31.2 Å². The number of nitrogens with one attached hydrogen (secondary N) is 1. The molecule has 19 heavy (non-hydrogen) atoms. The molecular formula is C15H18FNO2. The molecule has 0 aromatic heterocycles. The van der Waals surface area contributed by atoms with E-state index >= 15 is 4.39 Å². The molecule has 0 aliphatic carbocycles. The molecule has 2 bridgehead atoms. The maximum Gasteiger partial charge on any atom is 0.161 e. The summed E-state index contributed by atoms with van der Waals surface area (Å²) < 4.78 is 26.3. The van der Waals surface area contributed by atoms with Crippen LogP contribution in [-0.4, -0.2) is 25.3 Å². The highest BCUT2D eigenvalue weighted by Crippen LogP contribution is 2.45. The van der Waals surface area contributed by atoms with Crippen LogP contribution in [-0.2, 0) is 5.67 Å². The molecule has 2 atom stereocenters. The van der Waals surface area contributed by atoms with E-state index in [4.69, 9.17) is 9.47 Å². The molecule has 4 rings (SSSR count). The van der Waals surface area contributed by atoms with Crippen molar-refractivity contribution in [1.29, 1.82) is 0 Å². The third-order valence-electron chi connectivity index (χ3n) is 4.53. The molecule has 0 spiro atoms. The van der Waals surface area contributed by atoms with Gasteiger partial charge in [0.2, 0.25) is 0 Å². The summed E-state index contributed by atoms with van der Waals surface area (Å²) in [5, 5.41) is 3.48. The molecule has 0 saturated carbocycles. The van der Waals surface area contributed by atoms with Gasteiger partial charge in [-0.05, 0) is 30.5 Å². The molecular weight excluding hydrogens is 245 g/mol. The Morgan fingerprint density at radius 3 is 2.47 bits per heavy atom. The molecule has 102 valence electrons. The first-order valence-corrected chi connectivity index (χ1v) is 7.08. The van der Waals surface area contributed by atoms with Crippen molar-refractivity contribution < 1.29 is 13.9 Å². The fraction of sp³-hybridized carbons (Fsp3) is 0.600. The number of rotatable bonds is 1. The molecule has 1 aromatic carbocycles. The Labute approximate surface area is 112 Å². The van der Waals surface area contributed by atoms with Crippen molar-refractivity contribution in [2.45, 2.75) is 43.4 Å². The van der Waals surface area contributed by atoms with E-state index in [1.165, 1.54) is 0 Å². The Balaban J connectivity index is 1.68. The van der Waals surface area contributed by atoms with Gasteiger partial charge in [0.25, 0.3) is 0 Å². The second kappa shape index (κ2) is 4.10. The Hall–Kier alpha value is -1.29. The molecule has 3 heterocycles. The van der Waals surface area contributed by atoms with E-state index in [1.54, 1.807) is 0 Å². The Kier molecular flexibility index (Phi) is 2.49. The average molecular weight is 263 g/mol. The van der Waals surface area contributed by atoms with Gasteiger partial charge in [-0.25, -0.2) is 4.39 Å². The number of fused-ring (bicyclic) bond motifs is 3. The van der Waals surface area contributed by atoms with Crippen LogP contribution in [0.2, 0.25) is 0 Å². The van der Waals surface area contributed by atoms with Gasteiger partial charge in [0.05, 0.1) is 0 Å². The van der Waals surface area contributed by atoms with E-state index in [0.29, 0.717) is 43.9 Å². The minimum atomic E-state index is -1.22. The zero-order valence-corrected chi connectivity index (χ0v) is 10.8. The topological polar surface area (TPSA) is 30.5 Å². The summed E-state index contributed by atoms with van der Waals surface area (Å²) >= 11 is 0. The summed E-state index contributed by atoms with van der Waals surface area (Å²) in [6, 6.07) is 6.20. The summed E-state index contributed by atoms with van der Waals surface area (Å²) in [6.07, 6.45) is 3.34. The van der Waals surface area contributed by atoms with Crippen molar-refractivity contribution in [1.82, 2.24) is 5.32 Å². The first kappa shape index (κ1) is 11.5. The van der Waals surface area contributed by atoms with Gasteiger partial charge in [0.1, 0.15) is 18.9 Å². The standard InChI is InChI=1S/C15H18FNO2/c16-15(8-11-2-3-12(9-15)17-11)10-1-4-13-14(7-10)19-6-5-18-13/h1,4,7,11-12,17H,2-3,5-6,8-9H2. The smallest absolute Gasteiger partial charge is 0.161 e. The summed E-state index contributed by atoms with van der Waals surface area (Å²) in [5.74, 6) is 1.42. The fourth-order valence-corrected chi connectivity index (χ4v) is 3.65. The van der Waals surface area contributed by atoms with Crippen molar-refractivity contribution in [2.75, 3.05) is 13.2 Å². The van der Waals surface area contributed by atoms with Crippen molar-refractivity contribution in [2.24, 2.45) is 0 Å². The second-order valence-corrected chi connectivity index (χ2v) is 5.87. The Morgan fingerprint density at radius 1 is 1.05 bits per heavy atom. The van der Waals surface area contributed by atoms with E-state index < -0.39 is 5.67 Å². The molecule has 2 saturated heterocycles. The lowest BCUT2D eigenvalue weighted by Crippen LogP contribution is -2.44. The largest absolute Gasteiger partial charge is 0.486 e. The van der Waals surface area contributed by atoms with Gasteiger partial charge >= 0.3 is 0 Å². The number of hydrogen-bond donors (Lipinski definition) is 1. The first-order valence-electron chi connectivity index (χ1n) is 7.08. The van der Waals surface area contributed by atoms with Gasteiger partial charge in [-0.2, -0.15) is 0 Å². The second-order valence-electron chi connectivity index (χ2n) is 5.87. The van der Waals surface area contributed by atoms with Crippen LogP contribution in [0.25, 0.3) is 0 Å². The van der Waals surface area contributed by atoms with Crippen LogP contribution in [0, 0.1) is 0 Å². The SMILES string of the molecule is FC1(c2ccc3c(c2)OCCO3)CC2CCC(C1)N2. The molecule has 1 aromatic rings.